The molecule has 0 aromatic carbocycles. The van der Waals surface area contributed by atoms with Gasteiger partial charge in [0.15, 0.2) is 10.8 Å². The molecule has 12 heteroatoms. The van der Waals surface area contributed by atoms with E-state index in [0.29, 0.717) is 34.3 Å². The maximum absolute atomic E-state index is 13.2. The zero-order valence-electron chi connectivity index (χ0n) is 17.3. The molecule has 1 fully saturated rings. The van der Waals surface area contributed by atoms with Gasteiger partial charge in [-0.25, -0.2) is 4.79 Å². The number of alkyl halides is 3. The molecule has 2 N–H and O–H groups in total. The highest BCUT2D eigenvalue weighted by molar-refractivity contribution is 7.80. The van der Waals surface area contributed by atoms with Gasteiger partial charge in [-0.05, 0) is 56.3 Å². The predicted octanol–water partition coefficient (Wildman–Crippen LogP) is 5.15. The van der Waals surface area contributed by atoms with Crippen molar-refractivity contribution in [3.8, 4) is 0 Å². The summed E-state index contributed by atoms with van der Waals surface area (Å²) in [5.74, 6) is -0.349. The molecule has 6 nitrogen and oxygen atoms in total. The van der Waals surface area contributed by atoms with Crippen LogP contribution in [0.5, 0.6) is 0 Å². The van der Waals surface area contributed by atoms with Crippen molar-refractivity contribution in [1.29, 1.82) is 0 Å². The summed E-state index contributed by atoms with van der Waals surface area (Å²) in [6.45, 7) is 0.714. The number of thiocarbonyl (C=S) groups is 1. The molecule has 0 atom stereocenters. The fourth-order valence-corrected chi connectivity index (χ4v) is 5.89. The van der Waals surface area contributed by atoms with E-state index in [0.717, 1.165) is 37.7 Å². The average molecular weight is 507 g/mol. The van der Waals surface area contributed by atoms with Gasteiger partial charge in [0, 0.05) is 23.9 Å². The average Bonchev–Trinajstić information content (AvgIpc) is 3.21. The topological polar surface area (TPSA) is 68.2 Å². The standard InChI is InChI=1S/C20H22ClF3N4O2S2/c1-30-18(29)13-11-4-2-5-12(11)32-17(13)26-19(31)25-8-3-9-28-15(10-6-7-10)14(21)16(27-28)20(22,23)24/h10H,2-9H2,1H3,(H2,25,26,31). The number of halogens is 4. The fraction of sp³-hybridized carbons (Fsp3) is 0.550. The second-order valence-electron chi connectivity index (χ2n) is 7.83. The number of esters is 1. The van der Waals surface area contributed by atoms with Gasteiger partial charge < -0.3 is 15.4 Å². The SMILES string of the molecule is COC(=O)c1c(NC(=S)NCCCn2nc(C(F)(F)F)c(Cl)c2C2CC2)sc2c1CCC2. The molecule has 2 heterocycles. The van der Waals surface area contributed by atoms with Crippen molar-refractivity contribution in [1.82, 2.24) is 15.1 Å². The Morgan fingerprint density at radius 3 is 2.78 bits per heavy atom. The Morgan fingerprint density at radius 2 is 2.12 bits per heavy atom. The number of fused-ring (bicyclic) bond motifs is 1. The maximum atomic E-state index is 13.2. The van der Waals surface area contributed by atoms with Crippen LogP contribution >= 0.6 is 35.2 Å². The number of thiophene rings is 1. The summed E-state index contributed by atoms with van der Waals surface area (Å²) < 4.78 is 45.8. The van der Waals surface area contributed by atoms with Gasteiger partial charge in [-0.15, -0.1) is 11.3 Å². The molecule has 1 saturated carbocycles. The van der Waals surface area contributed by atoms with Crippen LogP contribution in [0, 0.1) is 0 Å². The predicted molar refractivity (Wildman–Crippen MR) is 121 cm³/mol. The molecule has 2 aromatic heterocycles. The lowest BCUT2D eigenvalue weighted by atomic mass is 10.1. The Morgan fingerprint density at radius 1 is 1.38 bits per heavy atom. The van der Waals surface area contributed by atoms with Gasteiger partial charge >= 0.3 is 12.1 Å². The van der Waals surface area contributed by atoms with Gasteiger partial charge in [0.2, 0.25) is 0 Å². The van der Waals surface area contributed by atoms with Gasteiger partial charge in [-0.1, -0.05) is 11.6 Å². The molecule has 32 heavy (non-hydrogen) atoms. The van der Waals surface area contributed by atoms with E-state index in [2.05, 4.69) is 15.7 Å². The fourth-order valence-electron chi connectivity index (χ4n) is 3.94. The van der Waals surface area contributed by atoms with Gasteiger partial charge in [-0.2, -0.15) is 18.3 Å². The van der Waals surface area contributed by atoms with Crippen molar-refractivity contribution < 1.29 is 22.7 Å². The molecule has 0 amide bonds. The second-order valence-corrected chi connectivity index (χ2v) is 9.72. The zero-order chi connectivity index (χ0) is 23.0. The third-order valence-electron chi connectivity index (χ3n) is 5.53. The van der Waals surface area contributed by atoms with E-state index < -0.39 is 17.8 Å². The number of ether oxygens (including phenoxy) is 1. The van der Waals surface area contributed by atoms with Crippen molar-refractivity contribution in [3.63, 3.8) is 0 Å². The summed E-state index contributed by atoms with van der Waals surface area (Å²) in [4.78, 5) is 13.4. The van der Waals surface area contributed by atoms with E-state index in [1.165, 1.54) is 28.0 Å². The Balaban J connectivity index is 1.35. The van der Waals surface area contributed by atoms with Crippen molar-refractivity contribution in [2.24, 2.45) is 0 Å². The van der Waals surface area contributed by atoms with E-state index >= 15 is 0 Å². The number of nitrogens with zero attached hydrogens (tertiary/aromatic N) is 2. The van der Waals surface area contributed by atoms with Crippen molar-refractivity contribution in [2.45, 2.75) is 57.2 Å². The van der Waals surface area contributed by atoms with E-state index in [1.54, 1.807) is 0 Å². The number of rotatable bonds is 7. The molecule has 174 valence electrons. The van der Waals surface area contributed by atoms with Crippen molar-refractivity contribution >= 4 is 51.2 Å². The Labute approximate surface area is 197 Å². The highest BCUT2D eigenvalue weighted by Gasteiger charge is 2.41. The summed E-state index contributed by atoms with van der Waals surface area (Å²) in [5, 5.41) is 10.6. The number of carbonyl (C=O) groups is 1. The first-order valence-electron chi connectivity index (χ1n) is 10.3. The van der Waals surface area contributed by atoms with Crippen LogP contribution in [-0.2, 0) is 30.3 Å². The first kappa shape index (κ1) is 23.3. The highest BCUT2D eigenvalue weighted by Crippen LogP contribution is 2.47. The number of carbonyl (C=O) groups excluding carboxylic acids is 1. The van der Waals surface area contributed by atoms with Gasteiger partial charge in [0.1, 0.15) is 5.00 Å². The summed E-state index contributed by atoms with van der Waals surface area (Å²) in [6, 6.07) is 0. The molecule has 0 spiro atoms. The van der Waals surface area contributed by atoms with Crippen LogP contribution in [-0.4, -0.2) is 34.5 Å². The Hall–Kier alpha value is -1.85. The molecule has 0 radical (unpaired) electrons. The highest BCUT2D eigenvalue weighted by atomic mass is 35.5. The number of hydrogen-bond donors (Lipinski definition) is 2. The van der Waals surface area contributed by atoms with Crippen LogP contribution in [0.4, 0.5) is 18.2 Å². The third kappa shape index (κ3) is 4.74. The first-order valence-corrected chi connectivity index (χ1v) is 11.9. The summed E-state index contributed by atoms with van der Waals surface area (Å²) in [5.41, 5.74) is 1.01. The maximum Gasteiger partial charge on any atom is 0.436 e. The number of nitrogens with one attached hydrogen (secondary N) is 2. The third-order valence-corrected chi connectivity index (χ3v) is 7.36. The summed E-state index contributed by atoms with van der Waals surface area (Å²) in [6.07, 6.45) is 0.361. The molecule has 0 saturated heterocycles. The van der Waals surface area contributed by atoms with Gasteiger partial charge in [-0.3, -0.25) is 4.68 Å². The van der Waals surface area contributed by atoms with Crippen molar-refractivity contribution in [2.75, 3.05) is 19.0 Å². The van der Waals surface area contributed by atoms with E-state index in [1.807, 2.05) is 0 Å². The van der Waals surface area contributed by atoms with Crippen LogP contribution in [0.15, 0.2) is 0 Å². The molecule has 2 aromatic rings. The number of aryl methyl sites for hydroxylation is 2. The smallest absolute Gasteiger partial charge is 0.436 e. The first-order chi connectivity index (χ1) is 15.2. The molecule has 2 aliphatic rings. The molecular weight excluding hydrogens is 485 g/mol. The number of anilines is 1. The monoisotopic (exact) mass is 506 g/mol. The number of methoxy groups -OCH3 is 1. The Bertz CT molecular complexity index is 1050. The number of aromatic nitrogens is 2. The van der Waals surface area contributed by atoms with E-state index in [-0.39, 0.29) is 17.5 Å². The molecule has 2 aliphatic carbocycles. The van der Waals surface area contributed by atoms with Crippen LogP contribution in [0.1, 0.15) is 63.8 Å². The Kier molecular flexibility index (Phi) is 6.69. The molecule has 0 unspecified atom stereocenters. The summed E-state index contributed by atoms with van der Waals surface area (Å²) in [7, 11) is 1.35. The van der Waals surface area contributed by atoms with E-state index in [9.17, 15) is 18.0 Å². The lowest BCUT2D eigenvalue weighted by molar-refractivity contribution is -0.141. The quantitative estimate of drug-likeness (QED) is 0.308. The zero-order valence-corrected chi connectivity index (χ0v) is 19.7. The van der Waals surface area contributed by atoms with Gasteiger partial charge in [0.25, 0.3) is 0 Å². The van der Waals surface area contributed by atoms with E-state index in [4.69, 9.17) is 28.6 Å². The molecule has 0 bridgehead atoms. The molecular formula is C20H22ClF3N4O2S2. The van der Waals surface area contributed by atoms with Crippen LogP contribution < -0.4 is 10.6 Å². The van der Waals surface area contributed by atoms with Gasteiger partial charge in [0.05, 0.1) is 23.4 Å². The lowest BCUT2D eigenvalue weighted by Gasteiger charge is -2.12. The molecule has 0 aliphatic heterocycles. The normalized spacial score (nSPS) is 15.5. The van der Waals surface area contributed by atoms with Crippen LogP contribution in [0.25, 0.3) is 0 Å². The number of hydrogen-bond acceptors (Lipinski definition) is 5. The van der Waals surface area contributed by atoms with Crippen molar-refractivity contribution in [3.05, 3.63) is 32.4 Å². The minimum Gasteiger partial charge on any atom is -0.465 e. The summed E-state index contributed by atoms with van der Waals surface area (Å²) >= 11 is 12.8. The largest absolute Gasteiger partial charge is 0.465 e. The van der Waals surface area contributed by atoms with Crippen LogP contribution in [0.2, 0.25) is 5.02 Å². The minimum absolute atomic E-state index is 0.0410. The van der Waals surface area contributed by atoms with Crippen LogP contribution in [0.3, 0.4) is 0 Å². The second kappa shape index (κ2) is 9.18. The lowest BCUT2D eigenvalue weighted by Crippen LogP contribution is -2.30. The molecule has 4 rings (SSSR count). The minimum atomic E-state index is -4.58.